The van der Waals surface area contributed by atoms with Crippen molar-refractivity contribution in [1.82, 2.24) is 4.90 Å². The van der Waals surface area contributed by atoms with Crippen molar-refractivity contribution in [3.05, 3.63) is 40.7 Å². The molecule has 3 unspecified atom stereocenters. The van der Waals surface area contributed by atoms with Crippen LogP contribution in [0.3, 0.4) is 0 Å². The highest BCUT2D eigenvalue weighted by Crippen LogP contribution is 2.52. The number of aliphatic hydroxyl groups excluding tert-OH is 1. The van der Waals surface area contributed by atoms with Gasteiger partial charge in [-0.3, -0.25) is 14.4 Å². The molecule has 0 aliphatic heterocycles. The predicted molar refractivity (Wildman–Crippen MR) is 102 cm³/mol. The van der Waals surface area contributed by atoms with Crippen LogP contribution in [-0.2, 0) is 16.0 Å². The molecule has 0 saturated heterocycles. The zero-order valence-electron chi connectivity index (χ0n) is 16.3. The molecule has 8 heteroatoms. The summed E-state index contributed by atoms with van der Waals surface area (Å²) in [5.41, 5.74) is 3.72. The molecule has 8 nitrogen and oxygen atoms in total. The third-order valence-corrected chi connectivity index (χ3v) is 6.81. The minimum Gasteiger partial charge on any atom is -0.508 e. The van der Waals surface area contributed by atoms with Gasteiger partial charge in [0.15, 0.2) is 17.2 Å². The van der Waals surface area contributed by atoms with Gasteiger partial charge >= 0.3 is 0 Å². The number of benzene rings is 1. The molecule has 5 N–H and O–H groups in total. The summed E-state index contributed by atoms with van der Waals surface area (Å²) in [4.78, 5) is 39.9. The van der Waals surface area contributed by atoms with Crippen molar-refractivity contribution in [3.8, 4) is 5.75 Å². The van der Waals surface area contributed by atoms with Gasteiger partial charge in [-0.15, -0.1) is 0 Å². The molecule has 3 aliphatic carbocycles. The summed E-state index contributed by atoms with van der Waals surface area (Å²) in [6.07, 6.45) is 0.834. The van der Waals surface area contributed by atoms with E-state index >= 15 is 0 Å². The van der Waals surface area contributed by atoms with Crippen LogP contribution in [0.2, 0.25) is 0 Å². The average Bonchev–Trinajstić information content (AvgIpc) is 2.64. The molecule has 3 aliphatic rings. The van der Waals surface area contributed by atoms with E-state index in [1.807, 2.05) is 0 Å². The van der Waals surface area contributed by atoms with Gasteiger partial charge in [-0.1, -0.05) is 12.1 Å². The Morgan fingerprint density at radius 3 is 2.52 bits per heavy atom. The Bertz CT molecular complexity index is 968. The second kappa shape index (κ2) is 6.40. The smallest absolute Gasteiger partial charge is 0.228 e. The molecule has 4 rings (SSSR count). The van der Waals surface area contributed by atoms with E-state index in [-0.39, 0.29) is 35.8 Å². The van der Waals surface area contributed by atoms with Crippen LogP contribution in [0.5, 0.6) is 5.75 Å². The van der Waals surface area contributed by atoms with Gasteiger partial charge in [0, 0.05) is 17.5 Å². The number of fused-ring (bicyclic) bond motifs is 3. The summed E-state index contributed by atoms with van der Waals surface area (Å²) in [5, 5.41) is 32.6. The predicted octanol–water partition coefficient (Wildman–Crippen LogP) is 0.315. The number of nitrogens with zero attached hydrogens (tertiary/aromatic N) is 1. The number of nitrogens with two attached hydrogens (primary N) is 1. The summed E-state index contributed by atoms with van der Waals surface area (Å²) < 4.78 is 0. The number of carbonyl (C=O) groups is 3. The number of carbonyl (C=O) groups excluding carboxylic acids is 3. The van der Waals surface area contributed by atoms with Crippen LogP contribution in [0.4, 0.5) is 0 Å². The van der Waals surface area contributed by atoms with Crippen molar-refractivity contribution in [2.45, 2.75) is 30.9 Å². The molecule has 0 radical (unpaired) electrons. The molecule has 5 atom stereocenters. The number of phenols is 1. The fraction of sp³-hybridized carbons (Fsp3) is 0.476. The first-order chi connectivity index (χ1) is 13.6. The Kier molecular flexibility index (Phi) is 4.32. The van der Waals surface area contributed by atoms with Crippen LogP contribution in [0, 0.1) is 17.8 Å². The number of primary amides is 1. The van der Waals surface area contributed by atoms with E-state index in [2.05, 4.69) is 0 Å². The van der Waals surface area contributed by atoms with Crippen LogP contribution in [-0.4, -0.2) is 63.4 Å². The topological polar surface area (TPSA) is 141 Å². The van der Waals surface area contributed by atoms with E-state index in [1.165, 1.54) is 6.07 Å². The van der Waals surface area contributed by atoms with E-state index in [1.54, 1.807) is 31.1 Å². The lowest BCUT2D eigenvalue weighted by Crippen LogP contribution is -2.66. The molecule has 29 heavy (non-hydrogen) atoms. The molecule has 154 valence electrons. The van der Waals surface area contributed by atoms with Gasteiger partial charge in [0.25, 0.3) is 0 Å². The van der Waals surface area contributed by atoms with Gasteiger partial charge in [-0.25, -0.2) is 0 Å². The number of hydrogen-bond donors (Lipinski definition) is 4. The highest BCUT2D eigenvalue weighted by Gasteiger charge is 2.63. The number of amides is 1. The van der Waals surface area contributed by atoms with Crippen LogP contribution in [0.15, 0.2) is 29.5 Å². The van der Waals surface area contributed by atoms with Gasteiger partial charge in [-0.2, -0.15) is 0 Å². The zero-order valence-corrected chi connectivity index (χ0v) is 16.3. The number of allylic oxidation sites excluding steroid dienone is 1. The number of Topliss-reactive ketones (excluding diaryl/α,β-unsaturated/α-hetero) is 2. The zero-order chi connectivity index (χ0) is 21.2. The van der Waals surface area contributed by atoms with E-state index < -0.39 is 46.6 Å². The maximum absolute atomic E-state index is 13.1. The monoisotopic (exact) mass is 400 g/mol. The number of ketones is 2. The molecule has 1 amide bonds. The summed E-state index contributed by atoms with van der Waals surface area (Å²) >= 11 is 0. The maximum atomic E-state index is 13.1. The minimum atomic E-state index is -2.36. The molecular weight excluding hydrogens is 376 g/mol. The summed E-state index contributed by atoms with van der Waals surface area (Å²) in [6.45, 7) is 0. The van der Waals surface area contributed by atoms with Gasteiger partial charge in [-0.05, 0) is 50.9 Å². The SMILES string of the molecule is CN(C)[C@@H]1CC(C(N)=O)C(=O)[C@@]2(O)C(O)=C3C(=O)c4c(O)cccc4CC3CC12. The van der Waals surface area contributed by atoms with E-state index in [4.69, 9.17) is 5.73 Å². The second-order valence-electron chi connectivity index (χ2n) is 8.50. The van der Waals surface area contributed by atoms with Crippen molar-refractivity contribution in [1.29, 1.82) is 0 Å². The molecule has 0 bridgehead atoms. The highest BCUT2D eigenvalue weighted by atomic mass is 16.3. The number of hydrogen-bond acceptors (Lipinski definition) is 7. The van der Waals surface area contributed by atoms with Crippen LogP contribution in [0.25, 0.3) is 0 Å². The summed E-state index contributed by atoms with van der Waals surface area (Å²) in [7, 11) is 3.54. The number of phenolic OH excluding ortho intramolecular Hbond substituents is 1. The Balaban J connectivity index is 1.91. The van der Waals surface area contributed by atoms with Crippen molar-refractivity contribution < 1.29 is 29.7 Å². The van der Waals surface area contributed by atoms with Crippen LogP contribution < -0.4 is 5.73 Å². The largest absolute Gasteiger partial charge is 0.508 e. The normalized spacial score (nSPS) is 33.9. The third-order valence-electron chi connectivity index (χ3n) is 6.81. The number of rotatable bonds is 2. The van der Waals surface area contributed by atoms with Crippen molar-refractivity contribution in [3.63, 3.8) is 0 Å². The third kappa shape index (κ3) is 2.55. The summed E-state index contributed by atoms with van der Waals surface area (Å²) in [6, 6.07) is 4.39. The quantitative estimate of drug-likeness (QED) is 0.524. The molecule has 1 saturated carbocycles. The number of aliphatic hydroxyl groups is 2. The molecule has 1 fully saturated rings. The first kappa shape index (κ1) is 19.6. The Hall–Kier alpha value is -2.71. The van der Waals surface area contributed by atoms with Gasteiger partial charge in [0.1, 0.15) is 17.4 Å². The molecular formula is C21H24N2O6. The van der Waals surface area contributed by atoms with Crippen molar-refractivity contribution in [2.75, 3.05) is 14.1 Å². The Morgan fingerprint density at radius 2 is 1.90 bits per heavy atom. The lowest BCUT2D eigenvalue weighted by molar-refractivity contribution is -0.164. The van der Waals surface area contributed by atoms with Gasteiger partial charge in [0.2, 0.25) is 5.91 Å². The van der Waals surface area contributed by atoms with E-state index in [9.17, 15) is 29.7 Å². The summed E-state index contributed by atoms with van der Waals surface area (Å²) in [5.74, 6) is -5.61. The maximum Gasteiger partial charge on any atom is 0.228 e. The fourth-order valence-corrected chi connectivity index (χ4v) is 5.40. The lowest BCUT2D eigenvalue weighted by atomic mass is 9.56. The molecule has 0 heterocycles. The standard InChI is InChI=1S/C21H24N2O6/c1-23(2)13-8-11(20(22)28)18(26)21(29)12(13)7-10-6-9-4-3-5-14(24)15(9)17(25)16(10)19(21)27/h3-5,10-13,24,27,29H,6-8H2,1-2H3,(H2,22,28)/t10?,11?,12?,13-,21-/m1/s1. The van der Waals surface area contributed by atoms with Crippen molar-refractivity contribution in [2.24, 2.45) is 23.5 Å². The highest BCUT2D eigenvalue weighted by molar-refractivity contribution is 6.15. The van der Waals surface area contributed by atoms with Crippen LogP contribution in [0.1, 0.15) is 28.8 Å². The fourth-order valence-electron chi connectivity index (χ4n) is 5.40. The minimum absolute atomic E-state index is 0.0614. The molecule has 0 aromatic heterocycles. The first-order valence-electron chi connectivity index (χ1n) is 9.60. The Labute approximate surface area is 167 Å². The average molecular weight is 400 g/mol. The van der Waals surface area contributed by atoms with E-state index in [0.29, 0.717) is 12.0 Å². The van der Waals surface area contributed by atoms with Gasteiger partial charge < -0.3 is 26.0 Å². The molecule has 0 spiro atoms. The van der Waals surface area contributed by atoms with E-state index in [0.717, 1.165) is 0 Å². The molecule has 1 aromatic carbocycles. The Morgan fingerprint density at radius 1 is 1.21 bits per heavy atom. The van der Waals surface area contributed by atoms with Crippen LogP contribution >= 0.6 is 0 Å². The lowest BCUT2D eigenvalue weighted by Gasteiger charge is -2.52. The van der Waals surface area contributed by atoms with Crippen molar-refractivity contribution >= 4 is 17.5 Å². The van der Waals surface area contributed by atoms with Gasteiger partial charge in [0.05, 0.1) is 5.56 Å². The second-order valence-corrected chi connectivity index (χ2v) is 8.50. The first-order valence-corrected chi connectivity index (χ1v) is 9.60. The molecule has 1 aromatic rings. The number of aromatic hydroxyl groups is 1.